The molecule has 1 saturated carbocycles. The Kier molecular flexibility index (Phi) is 3.15. The van der Waals surface area contributed by atoms with E-state index in [0.29, 0.717) is 11.7 Å². The normalized spacial score (nSPS) is 30.2. The molecule has 1 aliphatic rings. The Morgan fingerprint density at radius 3 is 2.69 bits per heavy atom. The Morgan fingerprint density at radius 1 is 1.50 bits per heavy atom. The highest BCUT2D eigenvalue weighted by atomic mass is 16.5. The number of furan rings is 1. The second kappa shape index (κ2) is 4.42. The molecule has 3 nitrogen and oxygen atoms in total. The summed E-state index contributed by atoms with van der Waals surface area (Å²) >= 11 is 0. The third-order valence-corrected chi connectivity index (χ3v) is 3.63. The molecule has 1 aromatic rings. The molecule has 0 saturated heterocycles. The van der Waals surface area contributed by atoms with Crippen LogP contribution in [0.15, 0.2) is 22.8 Å². The molecular weight excluding hydrogens is 204 g/mol. The van der Waals surface area contributed by atoms with Gasteiger partial charge in [0.2, 0.25) is 5.78 Å². The van der Waals surface area contributed by atoms with Crippen molar-refractivity contribution in [1.29, 1.82) is 0 Å². The number of hydrogen-bond acceptors (Lipinski definition) is 3. The maximum atomic E-state index is 12.3. The van der Waals surface area contributed by atoms with E-state index in [1.807, 2.05) is 0 Å². The number of methoxy groups -OCH3 is 1. The number of ether oxygens (including phenoxy) is 1. The zero-order valence-electron chi connectivity index (χ0n) is 9.86. The van der Waals surface area contributed by atoms with E-state index in [0.717, 1.165) is 25.7 Å². The van der Waals surface area contributed by atoms with Gasteiger partial charge >= 0.3 is 0 Å². The zero-order chi connectivity index (χ0) is 11.6. The summed E-state index contributed by atoms with van der Waals surface area (Å²) in [5.74, 6) is 1.09. The third kappa shape index (κ3) is 1.92. The molecule has 0 aliphatic heterocycles. The Morgan fingerprint density at radius 2 is 2.19 bits per heavy atom. The predicted octanol–water partition coefficient (Wildman–Crippen LogP) is 3.06. The van der Waals surface area contributed by atoms with Gasteiger partial charge in [-0.25, -0.2) is 0 Å². The Hall–Kier alpha value is -1.09. The molecule has 1 fully saturated rings. The summed E-state index contributed by atoms with van der Waals surface area (Å²) in [6, 6.07) is 3.45. The molecule has 0 N–H and O–H groups in total. The van der Waals surface area contributed by atoms with Crippen LogP contribution in [0.4, 0.5) is 0 Å². The fourth-order valence-corrected chi connectivity index (χ4v) is 2.38. The lowest BCUT2D eigenvalue weighted by molar-refractivity contribution is -0.0279. The van der Waals surface area contributed by atoms with E-state index in [1.54, 1.807) is 19.2 Å². The van der Waals surface area contributed by atoms with Crippen molar-refractivity contribution in [2.75, 3.05) is 7.11 Å². The largest absolute Gasteiger partial charge is 0.461 e. The summed E-state index contributed by atoms with van der Waals surface area (Å²) in [6.07, 6.45) is 5.21. The molecule has 0 amide bonds. The number of carbonyl (C=O) groups excluding carboxylic acids is 1. The zero-order valence-corrected chi connectivity index (χ0v) is 9.86. The van der Waals surface area contributed by atoms with E-state index >= 15 is 0 Å². The maximum absolute atomic E-state index is 12.3. The summed E-state index contributed by atoms with van der Waals surface area (Å²) in [7, 11) is 1.62. The van der Waals surface area contributed by atoms with Crippen molar-refractivity contribution in [1.82, 2.24) is 0 Å². The van der Waals surface area contributed by atoms with Crippen LogP contribution in [0.1, 0.15) is 43.2 Å². The molecule has 0 aromatic carbocycles. The lowest BCUT2D eigenvalue weighted by Crippen LogP contribution is -2.43. The van der Waals surface area contributed by atoms with Gasteiger partial charge in [0, 0.05) is 7.11 Å². The van der Waals surface area contributed by atoms with Crippen LogP contribution in [0.2, 0.25) is 0 Å². The van der Waals surface area contributed by atoms with Crippen LogP contribution in [0.3, 0.4) is 0 Å². The number of Topliss-reactive ketones (excluding diaryl/α,β-unsaturated/α-hetero) is 1. The van der Waals surface area contributed by atoms with Crippen LogP contribution in [0.25, 0.3) is 0 Å². The van der Waals surface area contributed by atoms with Gasteiger partial charge in [-0.05, 0) is 43.7 Å². The third-order valence-electron chi connectivity index (χ3n) is 3.63. The lowest BCUT2D eigenvalue weighted by atomic mass is 9.76. The first-order valence-corrected chi connectivity index (χ1v) is 5.81. The Bertz CT molecular complexity index is 345. The highest BCUT2D eigenvalue weighted by molar-refractivity contribution is 6.00. The lowest BCUT2D eigenvalue weighted by Gasteiger charge is -2.36. The molecule has 1 heterocycles. The maximum Gasteiger partial charge on any atom is 0.229 e. The van der Waals surface area contributed by atoms with Crippen LogP contribution in [-0.4, -0.2) is 18.5 Å². The van der Waals surface area contributed by atoms with Crippen molar-refractivity contribution in [2.45, 2.75) is 38.2 Å². The van der Waals surface area contributed by atoms with E-state index in [-0.39, 0.29) is 5.78 Å². The monoisotopic (exact) mass is 222 g/mol. The van der Waals surface area contributed by atoms with Crippen molar-refractivity contribution in [3.8, 4) is 0 Å². The highest BCUT2D eigenvalue weighted by Crippen LogP contribution is 2.36. The minimum absolute atomic E-state index is 0.00750. The molecule has 0 spiro atoms. The molecule has 16 heavy (non-hydrogen) atoms. The molecule has 1 aliphatic carbocycles. The van der Waals surface area contributed by atoms with Gasteiger partial charge in [0.15, 0.2) is 5.76 Å². The molecule has 0 bridgehead atoms. The highest BCUT2D eigenvalue weighted by Gasteiger charge is 2.42. The fraction of sp³-hybridized carbons (Fsp3) is 0.615. The van der Waals surface area contributed by atoms with Gasteiger partial charge in [-0.1, -0.05) is 6.92 Å². The van der Waals surface area contributed by atoms with Gasteiger partial charge in [0.25, 0.3) is 0 Å². The van der Waals surface area contributed by atoms with Crippen LogP contribution in [0.5, 0.6) is 0 Å². The predicted molar refractivity (Wildman–Crippen MR) is 60.4 cm³/mol. The van der Waals surface area contributed by atoms with Crippen LogP contribution < -0.4 is 0 Å². The second-order valence-corrected chi connectivity index (χ2v) is 4.69. The summed E-state index contributed by atoms with van der Waals surface area (Å²) in [4.78, 5) is 12.3. The van der Waals surface area contributed by atoms with E-state index in [9.17, 15) is 4.79 Å². The Labute approximate surface area is 95.8 Å². The average Bonchev–Trinajstić information content (AvgIpc) is 2.83. The van der Waals surface area contributed by atoms with Crippen LogP contribution >= 0.6 is 0 Å². The van der Waals surface area contributed by atoms with Gasteiger partial charge in [-0.2, -0.15) is 0 Å². The van der Waals surface area contributed by atoms with Gasteiger partial charge in [-0.15, -0.1) is 0 Å². The molecule has 0 atom stereocenters. The molecule has 3 heteroatoms. The molecule has 88 valence electrons. The summed E-state index contributed by atoms with van der Waals surface area (Å²) in [5.41, 5.74) is -0.648. The summed E-state index contributed by atoms with van der Waals surface area (Å²) in [6.45, 7) is 2.22. The van der Waals surface area contributed by atoms with E-state index in [2.05, 4.69) is 6.92 Å². The van der Waals surface area contributed by atoms with Crippen molar-refractivity contribution in [3.63, 3.8) is 0 Å². The summed E-state index contributed by atoms with van der Waals surface area (Å²) in [5, 5.41) is 0. The first-order chi connectivity index (χ1) is 7.68. The van der Waals surface area contributed by atoms with Gasteiger partial charge in [0.1, 0.15) is 5.60 Å². The quantitative estimate of drug-likeness (QED) is 0.738. The van der Waals surface area contributed by atoms with Crippen molar-refractivity contribution < 1.29 is 13.9 Å². The molecule has 0 unspecified atom stereocenters. The smallest absolute Gasteiger partial charge is 0.229 e. The number of hydrogen-bond donors (Lipinski definition) is 0. The fourth-order valence-electron chi connectivity index (χ4n) is 2.38. The molecule has 2 rings (SSSR count). The Balaban J connectivity index is 2.19. The van der Waals surface area contributed by atoms with Crippen molar-refractivity contribution in [2.24, 2.45) is 5.92 Å². The van der Waals surface area contributed by atoms with Gasteiger partial charge in [0.05, 0.1) is 6.26 Å². The second-order valence-electron chi connectivity index (χ2n) is 4.69. The summed E-state index contributed by atoms with van der Waals surface area (Å²) < 4.78 is 10.7. The molecular formula is C13H18O3. The first-order valence-electron chi connectivity index (χ1n) is 5.81. The molecule has 0 radical (unpaired) electrons. The first kappa shape index (κ1) is 11.4. The van der Waals surface area contributed by atoms with Crippen molar-refractivity contribution in [3.05, 3.63) is 24.2 Å². The minimum atomic E-state index is -0.648. The van der Waals surface area contributed by atoms with E-state index in [1.165, 1.54) is 6.26 Å². The van der Waals surface area contributed by atoms with Gasteiger partial charge < -0.3 is 9.15 Å². The number of ketones is 1. The number of rotatable bonds is 3. The SMILES string of the molecule is COC1(C(=O)c2ccco2)CCC(C)CC1. The topological polar surface area (TPSA) is 39.4 Å². The molecule has 1 aromatic heterocycles. The van der Waals surface area contributed by atoms with E-state index in [4.69, 9.17) is 9.15 Å². The van der Waals surface area contributed by atoms with E-state index < -0.39 is 5.60 Å². The average molecular weight is 222 g/mol. The van der Waals surface area contributed by atoms with Crippen LogP contribution in [-0.2, 0) is 4.74 Å². The van der Waals surface area contributed by atoms with Crippen LogP contribution in [0, 0.1) is 5.92 Å². The van der Waals surface area contributed by atoms with Gasteiger partial charge in [-0.3, -0.25) is 4.79 Å². The standard InChI is InChI=1S/C13H18O3/c1-10-5-7-13(15-2,8-6-10)12(14)11-4-3-9-16-11/h3-4,9-10H,5-8H2,1-2H3. The minimum Gasteiger partial charge on any atom is -0.461 e. The number of carbonyl (C=O) groups is 1. The van der Waals surface area contributed by atoms with Crippen molar-refractivity contribution >= 4 is 5.78 Å².